The number of fused-ring (bicyclic) bond motifs is 1. The second kappa shape index (κ2) is 6.35. The van der Waals surface area contributed by atoms with Gasteiger partial charge in [-0.3, -0.25) is 0 Å². The molecule has 0 saturated carbocycles. The molecule has 0 bridgehead atoms. The minimum Gasteiger partial charge on any atom is -0.372 e. The summed E-state index contributed by atoms with van der Waals surface area (Å²) in [5.74, 6) is 0.802. The highest BCUT2D eigenvalue weighted by Gasteiger charge is 2.15. The van der Waals surface area contributed by atoms with Crippen molar-refractivity contribution < 1.29 is 4.74 Å². The van der Waals surface area contributed by atoms with Gasteiger partial charge in [0.2, 0.25) is 0 Å². The third-order valence-corrected chi connectivity index (χ3v) is 3.77. The summed E-state index contributed by atoms with van der Waals surface area (Å²) in [4.78, 5) is 0. The second-order valence-electron chi connectivity index (χ2n) is 5.69. The molecule has 2 nitrogen and oxygen atoms in total. The molecule has 18 heavy (non-hydrogen) atoms. The van der Waals surface area contributed by atoms with E-state index in [9.17, 15) is 0 Å². The summed E-state index contributed by atoms with van der Waals surface area (Å²) in [6.45, 7) is 6.15. The highest BCUT2D eigenvalue weighted by atomic mass is 16.5. The molecule has 0 aromatic heterocycles. The number of rotatable bonds is 6. The Morgan fingerprint density at radius 2 is 1.94 bits per heavy atom. The molecule has 1 atom stereocenters. The Bertz CT molecular complexity index is 387. The maximum Gasteiger partial charge on any atom is 0.0725 e. The third kappa shape index (κ3) is 3.33. The van der Waals surface area contributed by atoms with Gasteiger partial charge >= 0.3 is 0 Å². The molecule has 0 saturated heterocycles. The lowest BCUT2D eigenvalue weighted by atomic mass is 9.96. The van der Waals surface area contributed by atoms with E-state index in [1.165, 1.54) is 36.0 Å². The van der Waals surface area contributed by atoms with E-state index in [2.05, 4.69) is 44.4 Å². The molecule has 0 spiro atoms. The molecule has 1 unspecified atom stereocenters. The fourth-order valence-electron chi connectivity index (χ4n) is 2.62. The highest BCUT2D eigenvalue weighted by molar-refractivity contribution is 5.34. The van der Waals surface area contributed by atoms with Crippen molar-refractivity contribution in [1.29, 1.82) is 0 Å². The Kier molecular flexibility index (Phi) is 4.79. The molecule has 1 aromatic rings. The number of hydrogen-bond acceptors (Lipinski definition) is 2. The molecule has 100 valence electrons. The van der Waals surface area contributed by atoms with Gasteiger partial charge in [-0.25, -0.2) is 0 Å². The predicted octanol–water partition coefficient (Wildman–Crippen LogP) is 3.80. The average Bonchev–Trinajstić information content (AvgIpc) is 2.81. The van der Waals surface area contributed by atoms with Crippen LogP contribution in [-0.2, 0) is 18.0 Å². The first-order chi connectivity index (χ1) is 8.70. The molecule has 0 amide bonds. The van der Waals surface area contributed by atoms with Gasteiger partial charge < -0.3 is 10.1 Å². The summed E-state index contributed by atoms with van der Waals surface area (Å²) in [5, 5.41) is 3.44. The van der Waals surface area contributed by atoms with Crippen LogP contribution in [0.15, 0.2) is 18.2 Å². The van der Waals surface area contributed by atoms with Crippen molar-refractivity contribution in [3.63, 3.8) is 0 Å². The quantitative estimate of drug-likeness (QED) is 0.825. The van der Waals surface area contributed by atoms with Gasteiger partial charge in [-0.1, -0.05) is 44.9 Å². The topological polar surface area (TPSA) is 21.3 Å². The molecule has 1 aliphatic rings. The lowest BCUT2D eigenvalue weighted by Crippen LogP contribution is -2.16. The predicted molar refractivity (Wildman–Crippen MR) is 75.4 cm³/mol. The van der Waals surface area contributed by atoms with Crippen molar-refractivity contribution in [3.05, 3.63) is 34.9 Å². The Morgan fingerprint density at radius 1 is 1.17 bits per heavy atom. The van der Waals surface area contributed by atoms with Crippen molar-refractivity contribution in [2.45, 2.75) is 52.4 Å². The van der Waals surface area contributed by atoms with Gasteiger partial charge in [-0.2, -0.15) is 0 Å². The van der Waals surface area contributed by atoms with Crippen molar-refractivity contribution in [1.82, 2.24) is 5.32 Å². The van der Waals surface area contributed by atoms with E-state index in [0.717, 1.165) is 19.1 Å². The van der Waals surface area contributed by atoms with Gasteiger partial charge in [0.25, 0.3) is 0 Å². The highest BCUT2D eigenvalue weighted by Crippen LogP contribution is 2.26. The zero-order valence-corrected chi connectivity index (χ0v) is 11.8. The van der Waals surface area contributed by atoms with Crippen LogP contribution in [0.3, 0.4) is 0 Å². The van der Waals surface area contributed by atoms with Crippen LogP contribution in [0.2, 0.25) is 0 Å². The van der Waals surface area contributed by atoms with Gasteiger partial charge in [0, 0.05) is 6.04 Å². The van der Waals surface area contributed by atoms with Crippen molar-refractivity contribution in [3.8, 4) is 0 Å². The lowest BCUT2D eigenvalue weighted by molar-refractivity contribution is 0.134. The summed E-state index contributed by atoms with van der Waals surface area (Å²) >= 11 is 0. The fraction of sp³-hybridized carbons (Fsp3) is 0.625. The van der Waals surface area contributed by atoms with Crippen LogP contribution in [0.25, 0.3) is 0 Å². The first kappa shape index (κ1) is 13.6. The molecule has 0 radical (unpaired) electrons. The molecule has 1 heterocycles. The molecule has 2 heteroatoms. The second-order valence-corrected chi connectivity index (χ2v) is 5.69. The molecular formula is C16H25NO. The van der Waals surface area contributed by atoms with Gasteiger partial charge in [-0.15, -0.1) is 0 Å². The van der Waals surface area contributed by atoms with Gasteiger partial charge in [-0.05, 0) is 36.1 Å². The molecule has 1 aliphatic heterocycles. The van der Waals surface area contributed by atoms with Gasteiger partial charge in [0.05, 0.1) is 13.2 Å². The van der Waals surface area contributed by atoms with E-state index in [4.69, 9.17) is 4.74 Å². The monoisotopic (exact) mass is 247 g/mol. The van der Waals surface area contributed by atoms with Gasteiger partial charge in [0.1, 0.15) is 0 Å². The Hall–Kier alpha value is -0.860. The van der Waals surface area contributed by atoms with E-state index in [0.29, 0.717) is 6.04 Å². The SMILES string of the molecule is CNC(CCCC(C)C)c1ccc2c(c1)COC2. The van der Waals surface area contributed by atoms with E-state index in [1.54, 1.807) is 0 Å². The molecule has 0 fully saturated rings. The van der Waals surface area contributed by atoms with E-state index in [-0.39, 0.29) is 0 Å². The molecular weight excluding hydrogens is 222 g/mol. The number of hydrogen-bond donors (Lipinski definition) is 1. The fourth-order valence-corrected chi connectivity index (χ4v) is 2.62. The van der Waals surface area contributed by atoms with Crippen LogP contribution in [0, 0.1) is 5.92 Å². The van der Waals surface area contributed by atoms with E-state index >= 15 is 0 Å². The first-order valence-corrected chi connectivity index (χ1v) is 7.07. The molecule has 2 rings (SSSR count). The maximum absolute atomic E-state index is 5.48. The normalized spacial score (nSPS) is 16.0. The largest absolute Gasteiger partial charge is 0.372 e. The van der Waals surface area contributed by atoms with Crippen LogP contribution in [0.4, 0.5) is 0 Å². The van der Waals surface area contributed by atoms with Crippen LogP contribution >= 0.6 is 0 Å². The van der Waals surface area contributed by atoms with E-state index in [1.807, 2.05) is 0 Å². The molecule has 0 aliphatic carbocycles. The van der Waals surface area contributed by atoms with Crippen LogP contribution in [0.1, 0.15) is 55.8 Å². The summed E-state index contributed by atoms with van der Waals surface area (Å²) in [5.41, 5.74) is 4.14. The summed E-state index contributed by atoms with van der Waals surface area (Å²) in [6.07, 6.45) is 3.82. The third-order valence-electron chi connectivity index (χ3n) is 3.77. The van der Waals surface area contributed by atoms with Gasteiger partial charge in [0.15, 0.2) is 0 Å². The summed E-state index contributed by atoms with van der Waals surface area (Å²) in [6, 6.07) is 7.28. The summed E-state index contributed by atoms with van der Waals surface area (Å²) in [7, 11) is 2.06. The molecule has 1 N–H and O–H groups in total. The Balaban J connectivity index is 1.99. The zero-order valence-electron chi connectivity index (χ0n) is 11.8. The minimum atomic E-state index is 0.481. The number of ether oxygens (including phenoxy) is 1. The standard InChI is InChI=1S/C16H25NO/c1-12(2)5-4-6-16(17-3)13-7-8-14-10-18-11-15(14)9-13/h7-9,12,16-17H,4-6,10-11H2,1-3H3. The Labute approximate surface area is 111 Å². The summed E-state index contributed by atoms with van der Waals surface area (Å²) < 4.78 is 5.48. The zero-order chi connectivity index (χ0) is 13.0. The maximum atomic E-state index is 5.48. The average molecular weight is 247 g/mol. The lowest BCUT2D eigenvalue weighted by Gasteiger charge is -2.18. The van der Waals surface area contributed by atoms with Crippen LogP contribution in [0.5, 0.6) is 0 Å². The number of nitrogens with one attached hydrogen (secondary N) is 1. The first-order valence-electron chi connectivity index (χ1n) is 7.07. The smallest absolute Gasteiger partial charge is 0.0725 e. The number of benzene rings is 1. The van der Waals surface area contributed by atoms with Crippen molar-refractivity contribution in [2.75, 3.05) is 7.05 Å². The minimum absolute atomic E-state index is 0.481. The molecule has 1 aromatic carbocycles. The van der Waals surface area contributed by atoms with Crippen LogP contribution < -0.4 is 5.32 Å². The van der Waals surface area contributed by atoms with Crippen molar-refractivity contribution in [2.24, 2.45) is 5.92 Å². The Morgan fingerprint density at radius 3 is 2.67 bits per heavy atom. The van der Waals surface area contributed by atoms with Crippen molar-refractivity contribution >= 4 is 0 Å². The van der Waals surface area contributed by atoms with E-state index < -0.39 is 0 Å². The van der Waals surface area contributed by atoms with Crippen LogP contribution in [-0.4, -0.2) is 7.05 Å².